The number of imide groups is 1. The summed E-state index contributed by atoms with van der Waals surface area (Å²) in [5, 5.41) is 2.26. The number of piperidine rings is 1. The highest BCUT2D eigenvalue weighted by atomic mass is 16.2. The third-order valence-corrected chi connectivity index (χ3v) is 3.09. The molecule has 2 amide bonds. The molecule has 3 nitrogen and oxygen atoms in total. The standard InChI is InChI=1S/C10H17NO2/c1-9(2,3)10(4)6-5-7(12)11-8(10)13/h5-6H2,1-4H3,(H,11,12,13)/i5D. The van der Waals surface area contributed by atoms with Crippen LogP contribution in [0.25, 0.3) is 0 Å². The van der Waals surface area contributed by atoms with Crippen LogP contribution < -0.4 is 5.32 Å². The van der Waals surface area contributed by atoms with Crippen LogP contribution in [0.5, 0.6) is 0 Å². The summed E-state index contributed by atoms with van der Waals surface area (Å²) in [5.41, 5.74) is -0.871. The fourth-order valence-electron chi connectivity index (χ4n) is 1.34. The molecule has 1 saturated heterocycles. The van der Waals surface area contributed by atoms with Crippen molar-refractivity contribution in [1.82, 2.24) is 5.32 Å². The van der Waals surface area contributed by atoms with Crippen molar-refractivity contribution < 1.29 is 11.0 Å². The molecule has 3 heteroatoms. The largest absolute Gasteiger partial charge is 0.296 e. The van der Waals surface area contributed by atoms with Crippen molar-refractivity contribution in [2.75, 3.05) is 0 Å². The second kappa shape index (κ2) is 2.82. The quantitative estimate of drug-likeness (QED) is 0.579. The van der Waals surface area contributed by atoms with Gasteiger partial charge in [0.2, 0.25) is 11.8 Å². The highest BCUT2D eigenvalue weighted by Crippen LogP contribution is 2.43. The Kier molecular flexibility index (Phi) is 1.90. The highest BCUT2D eigenvalue weighted by molar-refractivity contribution is 6.00. The molecule has 0 aromatic carbocycles. The normalized spacial score (nSPS) is 36.9. The summed E-state index contributed by atoms with van der Waals surface area (Å²) >= 11 is 0. The lowest BCUT2D eigenvalue weighted by Gasteiger charge is -2.42. The molecule has 1 heterocycles. The smallest absolute Gasteiger partial charge is 0.233 e. The number of hydrogen-bond donors (Lipinski definition) is 1. The van der Waals surface area contributed by atoms with Crippen LogP contribution in [0.1, 0.15) is 41.9 Å². The molecule has 1 N–H and O–H groups in total. The van der Waals surface area contributed by atoms with E-state index in [1.807, 2.05) is 27.7 Å². The van der Waals surface area contributed by atoms with Crippen LogP contribution in [0.2, 0.25) is 0 Å². The minimum Gasteiger partial charge on any atom is -0.296 e. The molecule has 0 spiro atoms. The van der Waals surface area contributed by atoms with Crippen molar-refractivity contribution in [2.45, 2.75) is 40.5 Å². The second-order valence-corrected chi connectivity index (χ2v) is 4.81. The Balaban J connectivity index is 3.01. The molecule has 1 aliphatic rings. The van der Waals surface area contributed by atoms with Gasteiger partial charge in [-0.05, 0) is 11.8 Å². The van der Waals surface area contributed by atoms with Crippen molar-refractivity contribution in [3.05, 3.63) is 0 Å². The first-order valence-electron chi connectivity index (χ1n) is 5.04. The molecule has 0 aromatic rings. The van der Waals surface area contributed by atoms with Crippen molar-refractivity contribution in [3.63, 3.8) is 0 Å². The molecule has 0 aliphatic carbocycles. The number of carbonyl (C=O) groups is 2. The predicted molar refractivity (Wildman–Crippen MR) is 49.9 cm³/mol. The van der Waals surface area contributed by atoms with Crippen LogP contribution in [-0.4, -0.2) is 11.8 Å². The van der Waals surface area contributed by atoms with E-state index < -0.39 is 17.7 Å². The Labute approximate surface area is 80.3 Å². The van der Waals surface area contributed by atoms with Gasteiger partial charge in [0.25, 0.3) is 0 Å². The molecule has 1 aliphatic heterocycles. The van der Waals surface area contributed by atoms with Gasteiger partial charge in [-0.3, -0.25) is 14.9 Å². The van der Waals surface area contributed by atoms with Gasteiger partial charge in [-0.2, -0.15) is 0 Å². The van der Waals surface area contributed by atoms with Crippen molar-refractivity contribution in [3.8, 4) is 0 Å². The minimum atomic E-state index is -0.822. The van der Waals surface area contributed by atoms with Crippen molar-refractivity contribution in [1.29, 1.82) is 0 Å². The first kappa shape index (κ1) is 8.73. The van der Waals surface area contributed by atoms with Crippen molar-refractivity contribution >= 4 is 11.8 Å². The van der Waals surface area contributed by atoms with Gasteiger partial charge in [0.15, 0.2) is 0 Å². The predicted octanol–water partition coefficient (Wildman–Crippen LogP) is 1.48. The average Bonchev–Trinajstić information content (AvgIpc) is 1.99. The van der Waals surface area contributed by atoms with Gasteiger partial charge < -0.3 is 0 Å². The van der Waals surface area contributed by atoms with Crippen LogP contribution in [0, 0.1) is 10.8 Å². The molecule has 0 radical (unpaired) electrons. The van der Waals surface area contributed by atoms with Gasteiger partial charge in [-0.15, -0.1) is 0 Å². The SMILES string of the molecule is [2H]C1CC(C)(C(C)(C)C)C(=O)NC1=O. The Bertz CT molecular complexity index is 282. The average molecular weight is 184 g/mol. The molecule has 13 heavy (non-hydrogen) atoms. The number of carbonyl (C=O) groups excluding carboxylic acids is 2. The summed E-state index contributed by atoms with van der Waals surface area (Å²) in [7, 11) is 0. The van der Waals surface area contributed by atoms with Gasteiger partial charge in [0.1, 0.15) is 0 Å². The summed E-state index contributed by atoms with van der Waals surface area (Å²) in [6, 6.07) is 0. The molecule has 0 aromatic heterocycles. The molecule has 2 unspecified atom stereocenters. The van der Waals surface area contributed by atoms with Gasteiger partial charge in [-0.1, -0.05) is 27.7 Å². The van der Waals surface area contributed by atoms with Gasteiger partial charge in [0, 0.05) is 7.77 Å². The molecule has 0 bridgehead atoms. The Morgan fingerprint density at radius 2 is 2.00 bits per heavy atom. The topological polar surface area (TPSA) is 46.2 Å². The maximum Gasteiger partial charge on any atom is 0.233 e. The summed E-state index contributed by atoms with van der Waals surface area (Å²) in [5.74, 6) is -0.727. The van der Waals surface area contributed by atoms with E-state index in [-0.39, 0.29) is 11.3 Å². The zero-order valence-electron chi connectivity index (χ0n) is 9.60. The molecule has 74 valence electrons. The van der Waals surface area contributed by atoms with Crippen molar-refractivity contribution in [2.24, 2.45) is 10.8 Å². The first-order valence-corrected chi connectivity index (χ1v) is 4.46. The summed E-state index contributed by atoms with van der Waals surface area (Å²) in [6.45, 7) is 7.68. The van der Waals surface area contributed by atoms with Gasteiger partial charge >= 0.3 is 0 Å². The fourth-order valence-corrected chi connectivity index (χ4v) is 1.34. The van der Waals surface area contributed by atoms with E-state index in [0.29, 0.717) is 6.42 Å². The van der Waals surface area contributed by atoms with E-state index >= 15 is 0 Å². The summed E-state index contributed by atoms with van der Waals surface area (Å²) in [6.07, 6.45) is -0.516. The second-order valence-electron chi connectivity index (χ2n) is 4.81. The highest BCUT2D eigenvalue weighted by Gasteiger charge is 2.46. The summed E-state index contributed by atoms with van der Waals surface area (Å²) < 4.78 is 7.54. The zero-order chi connectivity index (χ0) is 11.1. The molecule has 1 fully saturated rings. The van der Waals surface area contributed by atoms with Crippen LogP contribution in [-0.2, 0) is 9.59 Å². The third kappa shape index (κ3) is 1.60. The fraction of sp³-hybridized carbons (Fsp3) is 0.800. The molecular formula is C10H17NO2. The lowest BCUT2D eigenvalue weighted by Crippen LogP contribution is -2.53. The monoisotopic (exact) mass is 184 g/mol. The minimum absolute atomic E-state index is 0.239. The number of nitrogens with one attached hydrogen (secondary N) is 1. The molecular weight excluding hydrogens is 166 g/mol. The Morgan fingerprint density at radius 3 is 2.46 bits per heavy atom. The third-order valence-electron chi connectivity index (χ3n) is 3.09. The lowest BCUT2D eigenvalue weighted by atomic mass is 9.63. The van der Waals surface area contributed by atoms with E-state index in [2.05, 4.69) is 5.32 Å². The van der Waals surface area contributed by atoms with Crippen LogP contribution >= 0.6 is 0 Å². The summed E-state index contributed by atoms with van der Waals surface area (Å²) in [4.78, 5) is 22.8. The Hall–Kier alpha value is -0.860. The maximum absolute atomic E-state index is 11.7. The van der Waals surface area contributed by atoms with Gasteiger partial charge in [-0.25, -0.2) is 0 Å². The van der Waals surface area contributed by atoms with Crippen LogP contribution in [0.3, 0.4) is 0 Å². The van der Waals surface area contributed by atoms with Crippen LogP contribution in [0.4, 0.5) is 0 Å². The molecule has 1 rings (SSSR count). The molecule has 2 atom stereocenters. The first-order chi connectivity index (χ1) is 6.18. The van der Waals surface area contributed by atoms with E-state index in [9.17, 15) is 9.59 Å². The number of rotatable bonds is 0. The van der Waals surface area contributed by atoms with E-state index in [1.165, 1.54) is 0 Å². The maximum atomic E-state index is 11.7. The number of hydrogen-bond acceptors (Lipinski definition) is 2. The Morgan fingerprint density at radius 1 is 1.46 bits per heavy atom. The zero-order valence-corrected chi connectivity index (χ0v) is 8.60. The van der Waals surface area contributed by atoms with Gasteiger partial charge in [0.05, 0.1) is 5.41 Å². The van der Waals surface area contributed by atoms with Crippen LogP contribution in [0.15, 0.2) is 0 Å². The molecule has 0 saturated carbocycles. The van der Waals surface area contributed by atoms with E-state index in [0.717, 1.165) is 0 Å². The lowest BCUT2D eigenvalue weighted by molar-refractivity contribution is -0.146. The number of amides is 2. The van der Waals surface area contributed by atoms with E-state index in [4.69, 9.17) is 1.37 Å². The van der Waals surface area contributed by atoms with E-state index in [1.54, 1.807) is 0 Å².